The summed E-state index contributed by atoms with van der Waals surface area (Å²) in [6, 6.07) is 19.2. The normalized spacial score (nSPS) is 9.77. The molecule has 31 heavy (non-hydrogen) atoms. The van der Waals surface area contributed by atoms with Gasteiger partial charge in [0.1, 0.15) is 12.5 Å². The molecule has 0 bridgehead atoms. The number of anilines is 3. The molecule has 3 aromatic carbocycles. The molecule has 0 aliphatic rings. The summed E-state index contributed by atoms with van der Waals surface area (Å²) < 4.78 is 5.14. The second-order valence-electron chi connectivity index (χ2n) is 6.03. The zero-order chi connectivity index (χ0) is 22.6. The van der Waals surface area contributed by atoms with E-state index in [1.807, 2.05) is 18.9 Å². The Morgan fingerprint density at radius 2 is 1.55 bits per heavy atom. The number of methoxy groups -OCH3 is 1. The van der Waals surface area contributed by atoms with Crippen LogP contribution in [0.15, 0.2) is 66.7 Å². The number of carbonyl (C=O) groups is 2. The van der Waals surface area contributed by atoms with Crippen LogP contribution >= 0.6 is 23.2 Å². The first-order valence-corrected chi connectivity index (χ1v) is 9.72. The lowest BCUT2D eigenvalue weighted by molar-refractivity contribution is -0.0980. The van der Waals surface area contributed by atoms with Crippen molar-refractivity contribution in [2.45, 2.75) is 6.61 Å². The highest BCUT2D eigenvalue weighted by molar-refractivity contribution is 6.42. The number of rotatable bonds is 7. The SMILES string of the molecule is C=O.COc1cccc(NC(=O)Nc2ccc(CONc3ccc(Cl)c(Cl)c3)cc2)c1. The number of carbonyl (C=O) groups excluding carboxylic acids is 2. The molecule has 0 saturated heterocycles. The third kappa shape index (κ3) is 7.82. The van der Waals surface area contributed by atoms with Crippen LogP contribution in [0.5, 0.6) is 5.75 Å². The van der Waals surface area contributed by atoms with Crippen LogP contribution in [0.25, 0.3) is 0 Å². The summed E-state index contributed by atoms with van der Waals surface area (Å²) in [5.41, 5.74) is 5.74. The topological polar surface area (TPSA) is 88.7 Å². The summed E-state index contributed by atoms with van der Waals surface area (Å²) in [6.07, 6.45) is 0. The van der Waals surface area contributed by atoms with E-state index in [2.05, 4.69) is 16.1 Å². The van der Waals surface area contributed by atoms with E-state index in [9.17, 15) is 4.79 Å². The van der Waals surface area contributed by atoms with Crippen LogP contribution in [0.2, 0.25) is 10.0 Å². The lowest BCUT2D eigenvalue weighted by Crippen LogP contribution is -2.19. The lowest BCUT2D eigenvalue weighted by Gasteiger charge is -2.10. The van der Waals surface area contributed by atoms with Gasteiger partial charge in [0.2, 0.25) is 0 Å². The summed E-state index contributed by atoms with van der Waals surface area (Å²) >= 11 is 11.8. The molecule has 9 heteroatoms. The van der Waals surface area contributed by atoms with Gasteiger partial charge in [-0.25, -0.2) is 4.79 Å². The zero-order valence-electron chi connectivity index (χ0n) is 16.7. The second kappa shape index (κ2) is 12.4. The Hall–Kier alpha value is -3.26. The van der Waals surface area contributed by atoms with Gasteiger partial charge < -0.3 is 20.2 Å². The number of hydrogen-bond acceptors (Lipinski definition) is 5. The van der Waals surface area contributed by atoms with Crippen LogP contribution in [-0.4, -0.2) is 19.9 Å². The number of nitrogens with one attached hydrogen (secondary N) is 3. The molecule has 0 unspecified atom stereocenters. The van der Waals surface area contributed by atoms with Gasteiger partial charge in [-0.15, -0.1) is 0 Å². The van der Waals surface area contributed by atoms with E-state index in [0.29, 0.717) is 39.5 Å². The second-order valence-corrected chi connectivity index (χ2v) is 6.84. The first-order valence-electron chi connectivity index (χ1n) is 8.96. The molecule has 0 fully saturated rings. The third-order valence-electron chi connectivity index (χ3n) is 3.89. The number of halogens is 2. The van der Waals surface area contributed by atoms with Gasteiger partial charge in [-0.2, -0.15) is 0 Å². The van der Waals surface area contributed by atoms with E-state index >= 15 is 0 Å². The number of urea groups is 1. The minimum Gasteiger partial charge on any atom is -0.497 e. The summed E-state index contributed by atoms with van der Waals surface area (Å²) in [5.74, 6) is 0.668. The van der Waals surface area contributed by atoms with Crippen molar-refractivity contribution in [3.8, 4) is 5.75 Å². The zero-order valence-corrected chi connectivity index (χ0v) is 18.2. The van der Waals surface area contributed by atoms with E-state index in [0.717, 1.165) is 5.56 Å². The number of hydrogen-bond donors (Lipinski definition) is 3. The van der Waals surface area contributed by atoms with E-state index < -0.39 is 0 Å². The average Bonchev–Trinajstić information content (AvgIpc) is 2.79. The molecular formula is C22H21Cl2N3O4. The van der Waals surface area contributed by atoms with Crippen LogP contribution in [0.1, 0.15) is 5.56 Å². The van der Waals surface area contributed by atoms with Gasteiger partial charge in [0.05, 0.1) is 29.4 Å². The summed E-state index contributed by atoms with van der Waals surface area (Å²) in [6.45, 7) is 2.33. The third-order valence-corrected chi connectivity index (χ3v) is 4.63. The van der Waals surface area contributed by atoms with E-state index in [-0.39, 0.29) is 6.03 Å². The highest BCUT2D eigenvalue weighted by Crippen LogP contribution is 2.25. The molecule has 0 spiro atoms. The molecule has 2 amide bonds. The first kappa shape index (κ1) is 24.0. The van der Waals surface area contributed by atoms with Crippen LogP contribution in [0, 0.1) is 0 Å². The van der Waals surface area contributed by atoms with Crippen molar-refractivity contribution >= 4 is 53.1 Å². The van der Waals surface area contributed by atoms with Gasteiger partial charge in [-0.05, 0) is 48.0 Å². The molecule has 0 saturated carbocycles. The van der Waals surface area contributed by atoms with Crippen LogP contribution in [0.3, 0.4) is 0 Å². The molecule has 0 aromatic heterocycles. The average molecular weight is 462 g/mol. The van der Waals surface area contributed by atoms with Crippen molar-refractivity contribution in [3.05, 3.63) is 82.3 Å². The van der Waals surface area contributed by atoms with Crippen LogP contribution in [0.4, 0.5) is 21.9 Å². The molecular weight excluding hydrogens is 441 g/mol. The molecule has 3 rings (SSSR count). The van der Waals surface area contributed by atoms with Gasteiger partial charge in [-0.3, -0.25) is 10.3 Å². The van der Waals surface area contributed by atoms with Gasteiger partial charge in [0, 0.05) is 17.4 Å². The fourth-order valence-electron chi connectivity index (χ4n) is 2.44. The largest absolute Gasteiger partial charge is 0.497 e. The summed E-state index contributed by atoms with van der Waals surface area (Å²) in [4.78, 5) is 25.6. The summed E-state index contributed by atoms with van der Waals surface area (Å²) in [7, 11) is 1.57. The minimum absolute atomic E-state index is 0.330. The molecule has 7 nitrogen and oxygen atoms in total. The van der Waals surface area contributed by atoms with Crippen LogP contribution in [-0.2, 0) is 16.2 Å². The number of amides is 2. The highest BCUT2D eigenvalue weighted by atomic mass is 35.5. The molecule has 0 radical (unpaired) electrons. The smallest absolute Gasteiger partial charge is 0.323 e. The van der Waals surface area contributed by atoms with Gasteiger partial charge in [-0.1, -0.05) is 41.4 Å². The van der Waals surface area contributed by atoms with Crippen molar-refractivity contribution in [1.82, 2.24) is 0 Å². The Morgan fingerprint density at radius 1 is 0.871 bits per heavy atom. The maximum absolute atomic E-state index is 12.1. The minimum atomic E-state index is -0.344. The predicted octanol–water partition coefficient (Wildman–Crippen LogP) is 6.00. The van der Waals surface area contributed by atoms with E-state index in [4.69, 9.17) is 37.6 Å². The Balaban J connectivity index is 0.00000166. The highest BCUT2D eigenvalue weighted by Gasteiger charge is 2.04. The monoisotopic (exact) mass is 461 g/mol. The molecule has 3 aromatic rings. The molecule has 0 aliphatic carbocycles. The number of benzene rings is 3. The van der Waals surface area contributed by atoms with Gasteiger partial charge in [0.25, 0.3) is 0 Å². The lowest BCUT2D eigenvalue weighted by atomic mass is 10.2. The van der Waals surface area contributed by atoms with Crippen molar-refractivity contribution in [2.24, 2.45) is 0 Å². The van der Waals surface area contributed by atoms with Gasteiger partial charge >= 0.3 is 6.03 Å². The quantitative estimate of drug-likeness (QED) is 0.375. The predicted molar refractivity (Wildman–Crippen MR) is 124 cm³/mol. The molecule has 0 atom stereocenters. The van der Waals surface area contributed by atoms with Crippen molar-refractivity contribution in [3.63, 3.8) is 0 Å². The standard InChI is InChI=1S/C21H19Cl2N3O3.CH2O/c1-28-18-4-2-3-16(11-18)25-21(27)24-15-7-5-14(6-8-15)13-29-26-17-9-10-19(22)20(23)12-17;1-2/h2-12,26H,13H2,1H3,(H2,24,25,27);1H2. The van der Waals surface area contributed by atoms with Crippen molar-refractivity contribution in [1.29, 1.82) is 0 Å². The molecule has 0 aliphatic heterocycles. The number of ether oxygens (including phenoxy) is 1. The Bertz CT molecular complexity index is 1000. The van der Waals surface area contributed by atoms with Crippen molar-refractivity contribution < 1.29 is 19.2 Å². The fourth-order valence-corrected chi connectivity index (χ4v) is 2.74. The maximum Gasteiger partial charge on any atom is 0.323 e. The maximum atomic E-state index is 12.1. The molecule has 0 heterocycles. The summed E-state index contributed by atoms with van der Waals surface area (Å²) in [5, 5.41) is 6.46. The van der Waals surface area contributed by atoms with Gasteiger partial charge in [0.15, 0.2) is 0 Å². The van der Waals surface area contributed by atoms with E-state index in [1.54, 1.807) is 61.7 Å². The fraction of sp³-hybridized carbons (Fsp3) is 0.0909. The molecule has 3 N–H and O–H groups in total. The van der Waals surface area contributed by atoms with Crippen molar-refractivity contribution in [2.75, 3.05) is 23.2 Å². The van der Waals surface area contributed by atoms with E-state index in [1.165, 1.54) is 0 Å². The Labute approximate surface area is 190 Å². The van der Waals surface area contributed by atoms with Crippen LogP contribution < -0.4 is 20.9 Å². The Morgan fingerprint density at radius 3 is 2.23 bits per heavy atom. The molecule has 162 valence electrons. The Kier molecular flexibility index (Phi) is 9.64. The first-order chi connectivity index (χ1) is 15.0.